The van der Waals surface area contributed by atoms with Crippen molar-refractivity contribution < 1.29 is 4.79 Å². The van der Waals surface area contributed by atoms with Crippen molar-refractivity contribution in [1.82, 2.24) is 10.6 Å². The average Bonchev–Trinajstić information content (AvgIpc) is 2.85. The molecule has 0 bridgehead atoms. The molecule has 1 amide bonds. The Bertz CT molecular complexity index is 492. The molecule has 0 saturated carbocycles. The van der Waals surface area contributed by atoms with E-state index in [1.165, 1.54) is 11.3 Å². The third-order valence-electron chi connectivity index (χ3n) is 3.83. The van der Waals surface area contributed by atoms with Crippen LogP contribution in [0.25, 0.3) is 0 Å². The Labute approximate surface area is 129 Å². The second kappa shape index (κ2) is 6.59. The number of carbonyl (C=O) groups excluding carboxylic acids is 1. The Morgan fingerprint density at radius 2 is 2.25 bits per heavy atom. The Balaban J connectivity index is 2.20. The minimum absolute atomic E-state index is 0.0508. The summed E-state index contributed by atoms with van der Waals surface area (Å²) in [7, 11) is 1.97. The van der Waals surface area contributed by atoms with Crippen LogP contribution < -0.4 is 15.5 Å². The lowest BCUT2D eigenvalue weighted by atomic mass is 10.1. The van der Waals surface area contributed by atoms with Gasteiger partial charge in [0, 0.05) is 42.3 Å². The number of anilines is 1. The van der Waals surface area contributed by atoms with Crippen LogP contribution in [-0.2, 0) is 4.79 Å². The molecule has 1 saturated heterocycles. The van der Waals surface area contributed by atoms with Crippen molar-refractivity contribution in [3.05, 3.63) is 28.2 Å². The molecule has 0 aromatic heterocycles. The van der Waals surface area contributed by atoms with Crippen LogP contribution in [0.1, 0.15) is 31.9 Å². The van der Waals surface area contributed by atoms with Crippen LogP contribution in [0.15, 0.2) is 22.7 Å². The van der Waals surface area contributed by atoms with Crippen LogP contribution in [-0.4, -0.2) is 32.1 Å². The largest absolute Gasteiger partial charge is 0.369 e. The maximum Gasteiger partial charge on any atom is 0.217 e. The first kappa shape index (κ1) is 15.3. The highest BCUT2D eigenvalue weighted by Gasteiger charge is 2.25. The third kappa shape index (κ3) is 3.52. The van der Waals surface area contributed by atoms with Crippen molar-refractivity contribution in [2.75, 3.05) is 25.0 Å². The first-order chi connectivity index (χ1) is 9.51. The number of hydrogen-bond acceptors (Lipinski definition) is 3. The topological polar surface area (TPSA) is 44.4 Å². The summed E-state index contributed by atoms with van der Waals surface area (Å²) in [4.78, 5) is 13.5. The maximum absolute atomic E-state index is 11.2. The molecule has 1 aliphatic heterocycles. The molecule has 0 radical (unpaired) electrons. The SMILES string of the molecule is CNC(C)c1ccc(Br)cc1N1CCC(NC(C)=O)C1. The molecule has 2 atom stereocenters. The zero-order valence-electron chi connectivity index (χ0n) is 12.2. The molecule has 110 valence electrons. The summed E-state index contributed by atoms with van der Waals surface area (Å²) < 4.78 is 1.09. The van der Waals surface area contributed by atoms with Gasteiger partial charge < -0.3 is 15.5 Å². The molecule has 2 N–H and O–H groups in total. The van der Waals surface area contributed by atoms with Crippen LogP contribution in [0, 0.1) is 0 Å². The van der Waals surface area contributed by atoms with Crippen LogP contribution in [0.5, 0.6) is 0 Å². The molecule has 0 spiro atoms. The van der Waals surface area contributed by atoms with E-state index in [9.17, 15) is 4.79 Å². The molecular weight excluding hydrogens is 318 g/mol. The lowest BCUT2D eigenvalue weighted by Gasteiger charge is -2.25. The van der Waals surface area contributed by atoms with Crippen LogP contribution in [0.3, 0.4) is 0 Å². The average molecular weight is 340 g/mol. The third-order valence-corrected chi connectivity index (χ3v) is 4.32. The van der Waals surface area contributed by atoms with Gasteiger partial charge in [0.25, 0.3) is 0 Å². The van der Waals surface area contributed by atoms with Crippen molar-refractivity contribution in [2.24, 2.45) is 0 Å². The van der Waals surface area contributed by atoms with Gasteiger partial charge in [-0.05, 0) is 38.1 Å². The summed E-state index contributed by atoms with van der Waals surface area (Å²) in [5, 5.41) is 6.31. The maximum atomic E-state index is 11.2. The fraction of sp³-hybridized carbons (Fsp3) is 0.533. The second-order valence-corrected chi connectivity index (χ2v) is 6.26. The van der Waals surface area contributed by atoms with E-state index in [2.05, 4.69) is 56.6 Å². The first-order valence-electron chi connectivity index (χ1n) is 7.00. The number of carbonyl (C=O) groups is 1. The van der Waals surface area contributed by atoms with E-state index >= 15 is 0 Å². The second-order valence-electron chi connectivity index (χ2n) is 5.35. The summed E-state index contributed by atoms with van der Waals surface area (Å²) in [6.45, 7) is 5.59. The molecule has 1 heterocycles. The van der Waals surface area contributed by atoms with Gasteiger partial charge in [0.1, 0.15) is 0 Å². The van der Waals surface area contributed by atoms with Gasteiger partial charge in [-0.3, -0.25) is 4.79 Å². The summed E-state index contributed by atoms with van der Waals surface area (Å²) in [5.41, 5.74) is 2.54. The molecule has 2 rings (SSSR count). The summed E-state index contributed by atoms with van der Waals surface area (Å²) in [5.74, 6) is 0.0508. The van der Waals surface area contributed by atoms with Crippen molar-refractivity contribution in [2.45, 2.75) is 32.4 Å². The smallest absolute Gasteiger partial charge is 0.217 e. The number of hydrogen-bond donors (Lipinski definition) is 2. The Morgan fingerprint density at radius 3 is 2.90 bits per heavy atom. The monoisotopic (exact) mass is 339 g/mol. The van der Waals surface area contributed by atoms with Gasteiger partial charge in [-0.25, -0.2) is 0 Å². The Kier molecular flexibility index (Phi) is 5.05. The molecule has 1 aromatic rings. The number of nitrogens with zero attached hydrogens (tertiary/aromatic N) is 1. The molecule has 0 aliphatic carbocycles. The lowest BCUT2D eigenvalue weighted by molar-refractivity contribution is -0.119. The van der Waals surface area contributed by atoms with Gasteiger partial charge in [0.2, 0.25) is 5.91 Å². The number of benzene rings is 1. The summed E-state index contributed by atoms with van der Waals surface area (Å²) in [6, 6.07) is 6.96. The number of nitrogens with one attached hydrogen (secondary N) is 2. The van der Waals surface area contributed by atoms with Crippen LogP contribution in [0.4, 0.5) is 5.69 Å². The van der Waals surface area contributed by atoms with Crippen molar-refractivity contribution in [1.29, 1.82) is 0 Å². The van der Waals surface area contributed by atoms with E-state index in [4.69, 9.17) is 0 Å². The highest BCUT2D eigenvalue weighted by Crippen LogP contribution is 2.31. The predicted molar refractivity (Wildman–Crippen MR) is 86.1 cm³/mol. The normalized spacial score (nSPS) is 20.0. The fourth-order valence-electron chi connectivity index (χ4n) is 2.70. The Morgan fingerprint density at radius 1 is 1.50 bits per heavy atom. The number of halogens is 1. The first-order valence-corrected chi connectivity index (χ1v) is 7.79. The van der Waals surface area contributed by atoms with E-state index in [1.54, 1.807) is 6.92 Å². The van der Waals surface area contributed by atoms with Crippen molar-refractivity contribution >= 4 is 27.5 Å². The minimum atomic E-state index is 0.0508. The Hall–Kier alpha value is -1.07. The van der Waals surface area contributed by atoms with Gasteiger partial charge in [-0.15, -0.1) is 0 Å². The van der Waals surface area contributed by atoms with Gasteiger partial charge in [-0.1, -0.05) is 22.0 Å². The van der Waals surface area contributed by atoms with Crippen molar-refractivity contribution in [3.63, 3.8) is 0 Å². The van der Waals surface area contributed by atoms with E-state index < -0.39 is 0 Å². The van der Waals surface area contributed by atoms with Gasteiger partial charge in [0.15, 0.2) is 0 Å². The quantitative estimate of drug-likeness (QED) is 0.885. The van der Waals surface area contributed by atoms with Crippen LogP contribution >= 0.6 is 15.9 Å². The van der Waals surface area contributed by atoms with Gasteiger partial charge >= 0.3 is 0 Å². The molecular formula is C15H22BrN3O. The summed E-state index contributed by atoms with van der Waals surface area (Å²) >= 11 is 3.55. The van der Waals surface area contributed by atoms with Crippen molar-refractivity contribution in [3.8, 4) is 0 Å². The zero-order valence-corrected chi connectivity index (χ0v) is 13.8. The van der Waals surface area contributed by atoms with E-state index in [-0.39, 0.29) is 11.9 Å². The van der Waals surface area contributed by atoms with E-state index in [0.717, 1.165) is 24.0 Å². The number of amides is 1. The van der Waals surface area contributed by atoms with E-state index in [0.29, 0.717) is 6.04 Å². The lowest BCUT2D eigenvalue weighted by Crippen LogP contribution is -2.35. The minimum Gasteiger partial charge on any atom is -0.369 e. The highest BCUT2D eigenvalue weighted by atomic mass is 79.9. The van der Waals surface area contributed by atoms with E-state index in [1.807, 2.05) is 7.05 Å². The van der Waals surface area contributed by atoms with Gasteiger partial charge in [0.05, 0.1) is 0 Å². The molecule has 1 aliphatic rings. The fourth-order valence-corrected chi connectivity index (χ4v) is 3.05. The van der Waals surface area contributed by atoms with Gasteiger partial charge in [-0.2, -0.15) is 0 Å². The molecule has 1 fully saturated rings. The summed E-state index contributed by atoms with van der Waals surface area (Å²) in [6.07, 6.45) is 0.999. The molecule has 4 nitrogen and oxygen atoms in total. The number of rotatable bonds is 4. The molecule has 20 heavy (non-hydrogen) atoms. The molecule has 5 heteroatoms. The zero-order chi connectivity index (χ0) is 14.7. The molecule has 1 aromatic carbocycles. The standard InChI is InChI=1S/C15H22BrN3O/c1-10(17-3)14-5-4-12(16)8-15(14)19-7-6-13(9-19)18-11(2)20/h4-5,8,10,13,17H,6-7,9H2,1-3H3,(H,18,20). The van der Waals surface area contributed by atoms with Crippen LogP contribution in [0.2, 0.25) is 0 Å². The predicted octanol–water partition coefficient (Wildman–Crippen LogP) is 2.44. The highest BCUT2D eigenvalue weighted by molar-refractivity contribution is 9.10. The molecule has 2 unspecified atom stereocenters.